The van der Waals surface area contributed by atoms with Gasteiger partial charge in [-0.3, -0.25) is 14.6 Å². The molecule has 25 heavy (non-hydrogen) atoms. The third-order valence-corrected chi connectivity index (χ3v) is 5.53. The van der Waals surface area contributed by atoms with Crippen molar-refractivity contribution in [2.24, 2.45) is 0 Å². The fourth-order valence-electron chi connectivity index (χ4n) is 2.88. The first kappa shape index (κ1) is 18.3. The van der Waals surface area contributed by atoms with E-state index in [-0.39, 0.29) is 11.7 Å². The molecule has 3 rings (SSSR count). The highest BCUT2D eigenvalue weighted by atomic mass is 35.5. The zero-order valence-electron chi connectivity index (χ0n) is 14.1. The van der Waals surface area contributed by atoms with Crippen molar-refractivity contribution in [2.75, 3.05) is 38.0 Å². The second-order valence-electron chi connectivity index (χ2n) is 6.27. The standard InChI is InChI=1S/C18H21ClFN3OS/c1-13-2-3-14(20)10-16(13)21-18(24)12-23-8-6-22(7-9-23)11-15-4-5-17(19)25-15/h2-5,10H,6-9,11-12H2,1H3,(H,21,24). The molecule has 1 aliphatic rings. The molecule has 4 nitrogen and oxygen atoms in total. The lowest BCUT2D eigenvalue weighted by molar-refractivity contribution is -0.117. The highest BCUT2D eigenvalue weighted by molar-refractivity contribution is 7.16. The summed E-state index contributed by atoms with van der Waals surface area (Å²) in [5.74, 6) is -0.449. The lowest BCUT2D eigenvalue weighted by Gasteiger charge is -2.34. The van der Waals surface area contributed by atoms with Crippen LogP contribution in [-0.2, 0) is 11.3 Å². The lowest BCUT2D eigenvalue weighted by Crippen LogP contribution is -2.48. The Bertz CT molecular complexity index is 744. The number of aryl methyl sites for hydroxylation is 1. The Hall–Kier alpha value is -1.47. The summed E-state index contributed by atoms with van der Waals surface area (Å²) in [4.78, 5) is 18.0. The number of halogens is 2. The number of thiophene rings is 1. The van der Waals surface area contributed by atoms with Gasteiger partial charge in [-0.15, -0.1) is 11.3 Å². The normalized spacial score (nSPS) is 16.1. The Balaban J connectivity index is 1.45. The van der Waals surface area contributed by atoms with Gasteiger partial charge >= 0.3 is 0 Å². The Morgan fingerprint density at radius 1 is 1.20 bits per heavy atom. The summed E-state index contributed by atoms with van der Waals surface area (Å²) in [6.07, 6.45) is 0. The molecule has 0 saturated carbocycles. The second kappa shape index (κ2) is 8.27. The van der Waals surface area contributed by atoms with Gasteiger partial charge in [-0.1, -0.05) is 17.7 Å². The van der Waals surface area contributed by atoms with Crippen molar-refractivity contribution in [3.05, 3.63) is 50.9 Å². The van der Waals surface area contributed by atoms with Crippen LogP contribution in [0.25, 0.3) is 0 Å². The fraction of sp³-hybridized carbons (Fsp3) is 0.389. The molecule has 1 amide bonds. The van der Waals surface area contributed by atoms with Gasteiger partial charge in [0.15, 0.2) is 0 Å². The van der Waals surface area contributed by atoms with Gasteiger partial charge in [-0.05, 0) is 36.8 Å². The molecule has 0 atom stereocenters. The van der Waals surface area contributed by atoms with Gasteiger partial charge in [0.2, 0.25) is 5.91 Å². The number of carbonyl (C=O) groups excluding carboxylic acids is 1. The molecule has 1 aliphatic heterocycles. The number of nitrogens with zero attached hydrogens (tertiary/aromatic N) is 2. The molecule has 1 N–H and O–H groups in total. The van der Waals surface area contributed by atoms with Crippen molar-refractivity contribution in [1.29, 1.82) is 0 Å². The van der Waals surface area contributed by atoms with E-state index in [0.717, 1.165) is 42.6 Å². The SMILES string of the molecule is Cc1ccc(F)cc1NC(=O)CN1CCN(Cc2ccc(Cl)s2)CC1. The smallest absolute Gasteiger partial charge is 0.238 e. The van der Waals surface area contributed by atoms with Gasteiger partial charge in [0.25, 0.3) is 0 Å². The average Bonchev–Trinajstić information content (AvgIpc) is 2.98. The number of rotatable bonds is 5. The van der Waals surface area contributed by atoms with E-state index < -0.39 is 0 Å². The minimum absolute atomic E-state index is 0.104. The van der Waals surface area contributed by atoms with Crippen LogP contribution in [0.5, 0.6) is 0 Å². The predicted molar refractivity (Wildman–Crippen MR) is 101 cm³/mol. The third-order valence-electron chi connectivity index (χ3n) is 4.31. The lowest BCUT2D eigenvalue weighted by atomic mass is 10.2. The Morgan fingerprint density at radius 3 is 2.60 bits per heavy atom. The molecular formula is C18H21ClFN3OS. The largest absolute Gasteiger partial charge is 0.325 e. The number of piperazine rings is 1. The maximum atomic E-state index is 13.3. The topological polar surface area (TPSA) is 35.6 Å². The number of amides is 1. The molecule has 0 spiro atoms. The van der Waals surface area contributed by atoms with Crippen molar-refractivity contribution in [1.82, 2.24) is 9.80 Å². The van der Waals surface area contributed by atoms with Crippen LogP contribution >= 0.6 is 22.9 Å². The minimum Gasteiger partial charge on any atom is -0.325 e. The summed E-state index contributed by atoms with van der Waals surface area (Å²) in [5.41, 5.74) is 1.40. The van der Waals surface area contributed by atoms with Gasteiger partial charge < -0.3 is 5.32 Å². The van der Waals surface area contributed by atoms with E-state index in [4.69, 9.17) is 11.6 Å². The van der Waals surface area contributed by atoms with E-state index in [1.54, 1.807) is 17.4 Å². The quantitative estimate of drug-likeness (QED) is 0.859. The van der Waals surface area contributed by atoms with Crippen molar-refractivity contribution < 1.29 is 9.18 Å². The number of benzene rings is 1. The molecule has 0 radical (unpaired) electrons. The molecule has 134 valence electrons. The zero-order chi connectivity index (χ0) is 17.8. The van der Waals surface area contributed by atoms with E-state index >= 15 is 0 Å². The van der Waals surface area contributed by atoms with Gasteiger partial charge in [0, 0.05) is 43.3 Å². The van der Waals surface area contributed by atoms with E-state index in [9.17, 15) is 9.18 Å². The van der Waals surface area contributed by atoms with Crippen LogP contribution in [0.1, 0.15) is 10.4 Å². The molecule has 1 aromatic carbocycles. The highest BCUT2D eigenvalue weighted by Crippen LogP contribution is 2.23. The van der Waals surface area contributed by atoms with Crippen molar-refractivity contribution in [3.8, 4) is 0 Å². The van der Waals surface area contributed by atoms with Gasteiger partial charge in [0.05, 0.1) is 10.9 Å². The van der Waals surface area contributed by atoms with Crippen molar-refractivity contribution in [3.63, 3.8) is 0 Å². The first-order valence-corrected chi connectivity index (χ1v) is 9.44. The number of hydrogen-bond donors (Lipinski definition) is 1. The van der Waals surface area contributed by atoms with Gasteiger partial charge in [0.1, 0.15) is 5.82 Å². The molecule has 7 heteroatoms. The minimum atomic E-state index is -0.344. The summed E-state index contributed by atoms with van der Waals surface area (Å²) in [6, 6.07) is 8.41. The van der Waals surface area contributed by atoms with E-state index in [2.05, 4.69) is 21.2 Å². The Morgan fingerprint density at radius 2 is 1.92 bits per heavy atom. The predicted octanol–water partition coefficient (Wildman–Crippen LogP) is 3.61. The van der Waals surface area contributed by atoms with E-state index in [1.807, 2.05) is 13.0 Å². The zero-order valence-corrected chi connectivity index (χ0v) is 15.7. The first-order valence-electron chi connectivity index (χ1n) is 8.24. The van der Waals surface area contributed by atoms with Crippen LogP contribution in [0.15, 0.2) is 30.3 Å². The molecular weight excluding hydrogens is 361 g/mol. The maximum absolute atomic E-state index is 13.3. The molecule has 0 unspecified atom stereocenters. The summed E-state index contributed by atoms with van der Waals surface area (Å²) in [5, 5.41) is 2.80. The number of carbonyl (C=O) groups is 1. The second-order valence-corrected chi connectivity index (χ2v) is 8.07. The third kappa shape index (κ3) is 5.25. The summed E-state index contributed by atoms with van der Waals surface area (Å²) in [6.45, 7) is 6.60. The summed E-state index contributed by atoms with van der Waals surface area (Å²) >= 11 is 7.58. The number of nitrogens with one attached hydrogen (secondary N) is 1. The van der Waals surface area contributed by atoms with Crippen LogP contribution in [0.3, 0.4) is 0 Å². The van der Waals surface area contributed by atoms with Crippen LogP contribution in [0, 0.1) is 12.7 Å². The summed E-state index contributed by atoms with van der Waals surface area (Å²) < 4.78 is 14.1. The van der Waals surface area contributed by atoms with Crippen LogP contribution in [0.4, 0.5) is 10.1 Å². The fourth-order valence-corrected chi connectivity index (χ4v) is 4.01. The monoisotopic (exact) mass is 381 g/mol. The van der Waals surface area contributed by atoms with Crippen molar-refractivity contribution >= 4 is 34.5 Å². The van der Waals surface area contributed by atoms with E-state index in [1.165, 1.54) is 17.0 Å². The van der Waals surface area contributed by atoms with Crippen LogP contribution in [-0.4, -0.2) is 48.4 Å². The van der Waals surface area contributed by atoms with Gasteiger partial charge in [-0.2, -0.15) is 0 Å². The molecule has 1 saturated heterocycles. The van der Waals surface area contributed by atoms with E-state index in [0.29, 0.717) is 12.2 Å². The average molecular weight is 382 g/mol. The molecule has 2 aromatic rings. The molecule has 1 aromatic heterocycles. The highest BCUT2D eigenvalue weighted by Gasteiger charge is 2.19. The number of hydrogen-bond acceptors (Lipinski definition) is 4. The Kier molecular flexibility index (Phi) is 6.06. The van der Waals surface area contributed by atoms with Crippen LogP contribution < -0.4 is 5.32 Å². The maximum Gasteiger partial charge on any atom is 0.238 e. The number of anilines is 1. The molecule has 0 bridgehead atoms. The molecule has 0 aliphatic carbocycles. The first-order chi connectivity index (χ1) is 12.0. The van der Waals surface area contributed by atoms with Gasteiger partial charge in [-0.25, -0.2) is 4.39 Å². The van der Waals surface area contributed by atoms with Crippen molar-refractivity contribution in [2.45, 2.75) is 13.5 Å². The van der Waals surface area contributed by atoms with Crippen LogP contribution in [0.2, 0.25) is 4.34 Å². The summed E-state index contributed by atoms with van der Waals surface area (Å²) in [7, 11) is 0. The molecule has 1 fully saturated rings. The Labute approximate surface area is 156 Å². The molecule has 2 heterocycles.